The fourth-order valence-corrected chi connectivity index (χ4v) is 5.27. The molecule has 1 aliphatic rings. The Labute approximate surface area is 187 Å². The van der Waals surface area contributed by atoms with E-state index in [0.29, 0.717) is 12.1 Å². The highest BCUT2D eigenvalue weighted by molar-refractivity contribution is 9.10. The van der Waals surface area contributed by atoms with Gasteiger partial charge in [-0.15, -0.1) is 11.8 Å². The SMILES string of the molecule is CSc1cccc(C(=O)N(CCN2CCOCC2)c2nc3ccc(Br)cc3s2)c1. The third-order valence-corrected chi connectivity index (χ3v) is 7.14. The average Bonchev–Trinajstić information content (AvgIpc) is 3.17. The zero-order valence-corrected chi connectivity index (χ0v) is 19.4. The number of halogens is 1. The molecular formula is C21H22BrN3O2S2. The summed E-state index contributed by atoms with van der Waals surface area (Å²) in [6, 6.07) is 13.8. The second-order valence-corrected chi connectivity index (χ2v) is 9.56. The first-order valence-corrected chi connectivity index (χ1v) is 12.3. The summed E-state index contributed by atoms with van der Waals surface area (Å²) in [6.45, 7) is 4.70. The van der Waals surface area contributed by atoms with E-state index >= 15 is 0 Å². The molecule has 0 unspecified atom stereocenters. The summed E-state index contributed by atoms with van der Waals surface area (Å²) in [5.41, 5.74) is 1.61. The minimum absolute atomic E-state index is 0.00715. The van der Waals surface area contributed by atoms with Gasteiger partial charge in [0.2, 0.25) is 0 Å². The van der Waals surface area contributed by atoms with Gasteiger partial charge in [-0.25, -0.2) is 4.98 Å². The average molecular weight is 492 g/mol. The van der Waals surface area contributed by atoms with E-state index in [1.165, 1.54) is 0 Å². The molecule has 1 saturated heterocycles. The Kier molecular flexibility index (Phi) is 6.87. The molecule has 0 N–H and O–H groups in total. The Morgan fingerprint density at radius 2 is 2.10 bits per heavy atom. The van der Waals surface area contributed by atoms with E-state index in [1.807, 2.05) is 47.6 Å². The molecule has 8 heteroatoms. The van der Waals surface area contributed by atoms with Crippen LogP contribution in [0.2, 0.25) is 0 Å². The molecular weight excluding hydrogens is 470 g/mol. The lowest BCUT2D eigenvalue weighted by molar-refractivity contribution is 0.0391. The highest BCUT2D eigenvalue weighted by Gasteiger charge is 2.23. The maximum atomic E-state index is 13.5. The van der Waals surface area contributed by atoms with Crippen molar-refractivity contribution in [2.24, 2.45) is 0 Å². The Hall–Kier alpha value is -1.45. The number of morpholine rings is 1. The molecule has 1 aromatic heterocycles. The second-order valence-electron chi connectivity index (χ2n) is 6.75. The molecule has 152 valence electrons. The topological polar surface area (TPSA) is 45.7 Å². The quantitative estimate of drug-likeness (QED) is 0.465. The van der Waals surface area contributed by atoms with Gasteiger partial charge in [-0.05, 0) is 42.7 Å². The van der Waals surface area contributed by atoms with E-state index in [-0.39, 0.29) is 5.91 Å². The second kappa shape index (κ2) is 9.57. The lowest BCUT2D eigenvalue weighted by Gasteiger charge is -2.29. The van der Waals surface area contributed by atoms with Crippen LogP contribution in [-0.4, -0.2) is 61.4 Å². The van der Waals surface area contributed by atoms with Crippen molar-refractivity contribution in [2.45, 2.75) is 4.90 Å². The van der Waals surface area contributed by atoms with Gasteiger partial charge in [0.15, 0.2) is 5.13 Å². The predicted octanol–water partition coefficient (Wildman–Crippen LogP) is 4.76. The Balaban J connectivity index is 1.64. The minimum atomic E-state index is -0.00715. The number of fused-ring (bicyclic) bond motifs is 1. The van der Waals surface area contributed by atoms with Gasteiger partial charge in [-0.1, -0.05) is 33.3 Å². The van der Waals surface area contributed by atoms with Crippen molar-refractivity contribution in [1.29, 1.82) is 0 Å². The van der Waals surface area contributed by atoms with Crippen LogP contribution < -0.4 is 4.90 Å². The van der Waals surface area contributed by atoms with E-state index in [1.54, 1.807) is 23.1 Å². The van der Waals surface area contributed by atoms with Crippen molar-refractivity contribution >= 4 is 60.3 Å². The first-order chi connectivity index (χ1) is 14.1. The van der Waals surface area contributed by atoms with E-state index in [2.05, 4.69) is 26.9 Å². The molecule has 29 heavy (non-hydrogen) atoms. The largest absolute Gasteiger partial charge is 0.379 e. The number of anilines is 1. The van der Waals surface area contributed by atoms with Crippen molar-refractivity contribution in [3.8, 4) is 0 Å². The summed E-state index contributed by atoms with van der Waals surface area (Å²) < 4.78 is 7.52. The molecule has 0 aliphatic carbocycles. The summed E-state index contributed by atoms with van der Waals surface area (Å²) in [5.74, 6) is -0.00715. The molecule has 0 spiro atoms. The predicted molar refractivity (Wildman–Crippen MR) is 124 cm³/mol. The number of aromatic nitrogens is 1. The first-order valence-electron chi connectivity index (χ1n) is 9.46. The lowest BCUT2D eigenvalue weighted by atomic mass is 10.2. The maximum Gasteiger partial charge on any atom is 0.260 e. The molecule has 0 saturated carbocycles. The Bertz CT molecular complexity index is 1000. The summed E-state index contributed by atoms with van der Waals surface area (Å²) >= 11 is 6.71. The fraction of sp³-hybridized carbons (Fsp3) is 0.333. The molecule has 0 bridgehead atoms. The van der Waals surface area contributed by atoms with E-state index < -0.39 is 0 Å². The van der Waals surface area contributed by atoms with Crippen LogP contribution in [0.4, 0.5) is 5.13 Å². The number of hydrogen-bond acceptors (Lipinski definition) is 6. The molecule has 1 fully saturated rings. The summed E-state index contributed by atoms with van der Waals surface area (Å²) in [4.78, 5) is 23.5. The van der Waals surface area contributed by atoms with Crippen molar-refractivity contribution in [1.82, 2.24) is 9.88 Å². The van der Waals surface area contributed by atoms with Crippen LogP contribution in [0.25, 0.3) is 10.2 Å². The van der Waals surface area contributed by atoms with Crippen molar-refractivity contribution in [2.75, 3.05) is 50.5 Å². The summed E-state index contributed by atoms with van der Waals surface area (Å²) in [6.07, 6.45) is 2.02. The van der Waals surface area contributed by atoms with E-state index in [4.69, 9.17) is 9.72 Å². The van der Waals surface area contributed by atoms with Crippen LogP contribution in [0, 0.1) is 0 Å². The van der Waals surface area contributed by atoms with E-state index in [0.717, 1.165) is 57.6 Å². The molecule has 1 amide bonds. The van der Waals surface area contributed by atoms with Crippen LogP contribution in [0.5, 0.6) is 0 Å². The molecule has 4 rings (SSSR count). The third-order valence-electron chi connectivity index (χ3n) is 4.88. The van der Waals surface area contributed by atoms with Gasteiger partial charge in [0.1, 0.15) is 0 Å². The van der Waals surface area contributed by atoms with Crippen LogP contribution in [0.1, 0.15) is 10.4 Å². The molecule has 1 aliphatic heterocycles. The molecule has 0 radical (unpaired) electrons. The van der Waals surface area contributed by atoms with E-state index in [9.17, 15) is 4.79 Å². The smallest absolute Gasteiger partial charge is 0.260 e. The number of ether oxygens (including phenoxy) is 1. The highest BCUT2D eigenvalue weighted by atomic mass is 79.9. The molecule has 3 aromatic rings. The normalized spacial score (nSPS) is 15.0. The molecule has 0 atom stereocenters. The molecule has 2 aromatic carbocycles. The van der Waals surface area contributed by atoms with Crippen LogP contribution in [0.3, 0.4) is 0 Å². The number of thiazole rings is 1. The number of carbonyl (C=O) groups is 1. The summed E-state index contributed by atoms with van der Waals surface area (Å²) in [5, 5.41) is 0.742. The van der Waals surface area contributed by atoms with Gasteiger partial charge < -0.3 is 4.74 Å². The lowest BCUT2D eigenvalue weighted by Crippen LogP contribution is -2.43. The number of thioether (sulfide) groups is 1. The van der Waals surface area contributed by atoms with Gasteiger partial charge in [0.25, 0.3) is 5.91 Å². The monoisotopic (exact) mass is 491 g/mol. The zero-order valence-electron chi connectivity index (χ0n) is 16.1. The van der Waals surface area contributed by atoms with Crippen LogP contribution in [0.15, 0.2) is 51.8 Å². The highest BCUT2D eigenvalue weighted by Crippen LogP contribution is 2.32. The number of amides is 1. The number of hydrogen-bond donors (Lipinski definition) is 0. The van der Waals surface area contributed by atoms with Gasteiger partial charge in [0, 0.05) is 41.1 Å². The zero-order chi connectivity index (χ0) is 20.2. The maximum absolute atomic E-state index is 13.5. The van der Waals surface area contributed by atoms with Gasteiger partial charge in [-0.3, -0.25) is 14.6 Å². The summed E-state index contributed by atoms with van der Waals surface area (Å²) in [7, 11) is 0. The standard InChI is InChI=1S/C21H22BrN3O2S2/c1-28-17-4-2-3-15(13-17)20(26)25(8-7-24-9-11-27-12-10-24)21-23-18-6-5-16(22)14-19(18)29-21/h2-6,13-14H,7-12H2,1H3. The minimum Gasteiger partial charge on any atom is -0.379 e. The van der Waals surface area contributed by atoms with Crippen LogP contribution in [-0.2, 0) is 4.74 Å². The third kappa shape index (κ3) is 5.00. The van der Waals surface area contributed by atoms with Gasteiger partial charge in [-0.2, -0.15) is 0 Å². The number of rotatable bonds is 6. The van der Waals surface area contributed by atoms with Gasteiger partial charge >= 0.3 is 0 Å². The fourth-order valence-electron chi connectivity index (χ4n) is 3.26. The number of carbonyl (C=O) groups excluding carboxylic acids is 1. The van der Waals surface area contributed by atoms with Crippen molar-refractivity contribution in [3.63, 3.8) is 0 Å². The number of benzene rings is 2. The van der Waals surface area contributed by atoms with Gasteiger partial charge in [0.05, 0.1) is 23.4 Å². The Morgan fingerprint density at radius 3 is 2.90 bits per heavy atom. The van der Waals surface area contributed by atoms with Crippen molar-refractivity contribution in [3.05, 3.63) is 52.5 Å². The van der Waals surface area contributed by atoms with Crippen LogP contribution >= 0.6 is 39.0 Å². The molecule has 2 heterocycles. The molecule has 5 nitrogen and oxygen atoms in total. The number of nitrogens with zero attached hydrogens (tertiary/aromatic N) is 3. The first kappa shape index (κ1) is 20.8. The Morgan fingerprint density at radius 1 is 1.28 bits per heavy atom. The van der Waals surface area contributed by atoms with Crippen molar-refractivity contribution < 1.29 is 9.53 Å².